The number of rotatable bonds is 3. The third kappa shape index (κ3) is 3.05. The van der Waals surface area contributed by atoms with Crippen LogP contribution in [0.5, 0.6) is 0 Å². The number of carbonyl (C=O) groups is 1. The molecule has 1 aromatic heterocycles. The van der Waals surface area contributed by atoms with E-state index in [1.54, 1.807) is 10.9 Å². The molecule has 0 radical (unpaired) electrons. The lowest BCUT2D eigenvalue weighted by Gasteiger charge is -2.07. The average Bonchev–Trinajstić information content (AvgIpc) is 2.81. The van der Waals surface area contributed by atoms with E-state index < -0.39 is 0 Å². The summed E-state index contributed by atoms with van der Waals surface area (Å²) in [4.78, 5) is 12.1. The smallest absolute Gasteiger partial charge is 0.246 e. The Labute approximate surface area is 129 Å². The summed E-state index contributed by atoms with van der Waals surface area (Å²) in [5.74, 6) is -0.138. The molecule has 0 unspecified atom stereocenters. The molecule has 0 spiro atoms. The van der Waals surface area contributed by atoms with Gasteiger partial charge in [0.15, 0.2) is 0 Å². The minimum atomic E-state index is -0.138. The van der Waals surface area contributed by atoms with Gasteiger partial charge in [-0.05, 0) is 36.4 Å². The fraction of sp³-hybridized carbons (Fsp3) is 0.0667. The number of hydrogen-bond donors (Lipinski definition) is 2. The Morgan fingerprint density at radius 3 is 2.95 bits per heavy atom. The molecule has 3 rings (SSSR count). The molecule has 0 saturated heterocycles. The van der Waals surface area contributed by atoms with Crippen LogP contribution in [-0.4, -0.2) is 15.7 Å². The summed E-state index contributed by atoms with van der Waals surface area (Å²) >= 11 is 3.37. The molecule has 0 atom stereocenters. The monoisotopic (exact) mass is 344 g/mol. The Kier molecular flexibility index (Phi) is 3.62. The highest BCUT2D eigenvalue weighted by Crippen LogP contribution is 2.18. The van der Waals surface area contributed by atoms with Gasteiger partial charge >= 0.3 is 0 Å². The van der Waals surface area contributed by atoms with Gasteiger partial charge in [0.05, 0.1) is 11.7 Å². The number of fused-ring (bicyclic) bond motifs is 1. The fourth-order valence-electron chi connectivity index (χ4n) is 2.12. The normalized spacial score (nSPS) is 10.7. The van der Waals surface area contributed by atoms with Crippen molar-refractivity contribution in [2.24, 2.45) is 0 Å². The van der Waals surface area contributed by atoms with Crippen LogP contribution in [0.15, 0.2) is 53.1 Å². The molecule has 3 N–H and O–H groups in total. The van der Waals surface area contributed by atoms with Gasteiger partial charge in [0.25, 0.3) is 0 Å². The number of hydrogen-bond acceptors (Lipinski definition) is 3. The van der Waals surface area contributed by atoms with Crippen molar-refractivity contribution >= 4 is 44.1 Å². The first-order valence-corrected chi connectivity index (χ1v) is 7.17. The second-order valence-corrected chi connectivity index (χ2v) is 5.59. The zero-order valence-corrected chi connectivity index (χ0v) is 12.7. The number of carbonyl (C=O) groups excluding carboxylic acids is 1. The molecule has 0 bridgehead atoms. The van der Waals surface area contributed by atoms with Crippen molar-refractivity contribution in [3.63, 3.8) is 0 Å². The van der Waals surface area contributed by atoms with Gasteiger partial charge in [-0.15, -0.1) is 0 Å². The molecule has 106 valence electrons. The van der Waals surface area contributed by atoms with E-state index in [2.05, 4.69) is 26.3 Å². The van der Waals surface area contributed by atoms with Crippen LogP contribution in [0.1, 0.15) is 0 Å². The summed E-state index contributed by atoms with van der Waals surface area (Å²) in [5.41, 5.74) is 8.01. The molecule has 5 nitrogen and oxygen atoms in total. The second kappa shape index (κ2) is 5.57. The third-order valence-electron chi connectivity index (χ3n) is 3.07. The first-order valence-electron chi connectivity index (χ1n) is 6.38. The summed E-state index contributed by atoms with van der Waals surface area (Å²) in [6.45, 7) is 0.138. The molecule has 0 fully saturated rings. The molecule has 1 heterocycles. The Bertz CT molecular complexity index is 812. The molecule has 0 aliphatic rings. The number of nitrogens with one attached hydrogen (secondary N) is 1. The maximum atomic E-state index is 12.1. The topological polar surface area (TPSA) is 72.9 Å². The number of nitrogen functional groups attached to an aromatic ring is 1. The van der Waals surface area contributed by atoms with Gasteiger partial charge in [-0.1, -0.05) is 22.0 Å². The van der Waals surface area contributed by atoms with E-state index in [1.807, 2.05) is 42.5 Å². The maximum Gasteiger partial charge on any atom is 0.246 e. The third-order valence-corrected chi connectivity index (χ3v) is 3.56. The molecular weight excluding hydrogens is 332 g/mol. The highest BCUT2D eigenvalue weighted by Gasteiger charge is 2.08. The van der Waals surface area contributed by atoms with Crippen molar-refractivity contribution in [3.05, 3.63) is 53.1 Å². The molecule has 0 aliphatic carbocycles. The van der Waals surface area contributed by atoms with Crippen LogP contribution in [0, 0.1) is 0 Å². The van der Waals surface area contributed by atoms with Crippen molar-refractivity contribution in [1.82, 2.24) is 9.78 Å². The summed E-state index contributed by atoms with van der Waals surface area (Å²) in [6, 6.07) is 13.0. The van der Waals surface area contributed by atoms with Crippen LogP contribution in [0.3, 0.4) is 0 Å². The molecule has 0 saturated carbocycles. The molecule has 21 heavy (non-hydrogen) atoms. The Morgan fingerprint density at radius 1 is 1.29 bits per heavy atom. The first-order chi connectivity index (χ1) is 10.1. The SMILES string of the molecule is Nc1ccc2cnn(CC(=O)Nc3cccc(Br)c3)c2c1. The minimum Gasteiger partial charge on any atom is -0.399 e. The average molecular weight is 345 g/mol. The highest BCUT2D eigenvalue weighted by molar-refractivity contribution is 9.10. The Balaban J connectivity index is 1.79. The van der Waals surface area contributed by atoms with Gasteiger partial charge in [0, 0.05) is 21.2 Å². The van der Waals surface area contributed by atoms with E-state index >= 15 is 0 Å². The standard InChI is InChI=1S/C15H13BrN4O/c16-11-2-1-3-13(6-11)19-15(21)9-20-14-7-12(17)5-4-10(14)8-18-20/h1-8H,9,17H2,(H,19,21). The van der Waals surface area contributed by atoms with E-state index in [-0.39, 0.29) is 12.5 Å². The number of aromatic nitrogens is 2. The zero-order valence-electron chi connectivity index (χ0n) is 11.1. The zero-order chi connectivity index (χ0) is 14.8. The Morgan fingerprint density at radius 2 is 2.14 bits per heavy atom. The van der Waals surface area contributed by atoms with Crippen LogP contribution in [0.2, 0.25) is 0 Å². The molecule has 6 heteroatoms. The van der Waals surface area contributed by atoms with E-state index in [0.29, 0.717) is 5.69 Å². The Hall–Kier alpha value is -2.34. The van der Waals surface area contributed by atoms with Gasteiger partial charge < -0.3 is 11.1 Å². The molecule has 3 aromatic rings. The van der Waals surface area contributed by atoms with E-state index in [1.165, 1.54) is 0 Å². The molecule has 1 amide bonds. The highest BCUT2D eigenvalue weighted by atomic mass is 79.9. The molecule has 2 aromatic carbocycles. The van der Waals surface area contributed by atoms with Crippen molar-refractivity contribution < 1.29 is 4.79 Å². The number of halogens is 1. The van der Waals surface area contributed by atoms with Crippen LogP contribution >= 0.6 is 15.9 Å². The minimum absolute atomic E-state index is 0.138. The van der Waals surface area contributed by atoms with Crippen LogP contribution in [-0.2, 0) is 11.3 Å². The van der Waals surface area contributed by atoms with Gasteiger partial charge in [-0.25, -0.2) is 0 Å². The second-order valence-electron chi connectivity index (χ2n) is 4.68. The van der Waals surface area contributed by atoms with Crippen molar-refractivity contribution in [3.8, 4) is 0 Å². The van der Waals surface area contributed by atoms with Crippen molar-refractivity contribution in [2.45, 2.75) is 6.54 Å². The summed E-state index contributed by atoms with van der Waals surface area (Å²) in [7, 11) is 0. The lowest BCUT2D eigenvalue weighted by atomic mass is 10.2. The quantitative estimate of drug-likeness (QED) is 0.717. The number of anilines is 2. The van der Waals surface area contributed by atoms with Crippen LogP contribution in [0.25, 0.3) is 10.9 Å². The number of amides is 1. The number of nitrogens with zero attached hydrogens (tertiary/aromatic N) is 2. The van der Waals surface area contributed by atoms with E-state index in [0.717, 1.165) is 21.1 Å². The van der Waals surface area contributed by atoms with Gasteiger partial charge in [-0.3, -0.25) is 9.48 Å². The van der Waals surface area contributed by atoms with Crippen LogP contribution in [0.4, 0.5) is 11.4 Å². The summed E-state index contributed by atoms with van der Waals surface area (Å²) in [6.07, 6.45) is 1.72. The predicted molar refractivity (Wildman–Crippen MR) is 86.9 cm³/mol. The van der Waals surface area contributed by atoms with Gasteiger partial charge in [0.1, 0.15) is 6.54 Å². The van der Waals surface area contributed by atoms with E-state index in [4.69, 9.17) is 5.73 Å². The van der Waals surface area contributed by atoms with Gasteiger partial charge in [-0.2, -0.15) is 5.10 Å². The maximum absolute atomic E-state index is 12.1. The molecular formula is C15H13BrN4O. The van der Waals surface area contributed by atoms with Crippen LogP contribution < -0.4 is 11.1 Å². The number of nitrogens with two attached hydrogens (primary N) is 1. The summed E-state index contributed by atoms with van der Waals surface area (Å²) < 4.78 is 2.55. The fourth-order valence-corrected chi connectivity index (χ4v) is 2.52. The lowest BCUT2D eigenvalue weighted by molar-refractivity contribution is -0.116. The predicted octanol–water partition coefficient (Wildman–Crippen LogP) is 3.02. The molecule has 0 aliphatic heterocycles. The van der Waals surface area contributed by atoms with Crippen molar-refractivity contribution in [1.29, 1.82) is 0 Å². The largest absolute Gasteiger partial charge is 0.399 e. The summed E-state index contributed by atoms with van der Waals surface area (Å²) in [5, 5.41) is 8.02. The number of benzene rings is 2. The lowest BCUT2D eigenvalue weighted by Crippen LogP contribution is -2.19. The first kappa shape index (κ1) is 13.6. The van der Waals surface area contributed by atoms with Crippen molar-refractivity contribution in [2.75, 3.05) is 11.1 Å². The van der Waals surface area contributed by atoms with Gasteiger partial charge in [0.2, 0.25) is 5.91 Å². The van der Waals surface area contributed by atoms with E-state index in [9.17, 15) is 4.79 Å².